The molecule has 8 heteroatoms. The van der Waals surface area contributed by atoms with Crippen molar-refractivity contribution in [1.82, 2.24) is 15.4 Å². The zero-order valence-electron chi connectivity index (χ0n) is 9.10. The van der Waals surface area contributed by atoms with Crippen molar-refractivity contribution in [2.45, 2.75) is 6.92 Å². The van der Waals surface area contributed by atoms with Crippen molar-refractivity contribution in [3.8, 4) is 11.3 Å². The Morgan fingerprint density at radius 1 is 1.18 bits per heavy atom. The molecule has 1 N–H and O–H groups in total. The van der Waals surface area contributed by atoms with Gasteiger partial charge in [-0.05, 0) is 6.92 Å². The van der Waals surface area contributed by atoms with Crippen LogP contribution in [0.25, 0.3) is 11.3 Å². The fourth-order valence-corrected chi connectivity index (χ4v) is 1.63. The Balaban J connectivity index is 0.000000249. The summed E-state index contributed by atoms with van der Waals surface area (Å²) < 4.78 is 8.51. The highest BCUT2D eigenvalue weighted by molar-refractivity contribution is 6.33. The number of hydrogen-bond donors (Lipinski definition) is 1. The third-order valence-corrected chi connectivity index (χ3v) is 2.51. The monoisotopic (exact) mass is 275 g/mol. The van der Waals surface area contributed by atoms with Gasteiger partial charge in [-0.1, -0.05) is 29.8 Å². The molecule has 0 bridgehead atoms. The van der Waals surface area contributed by atoms with Crippen LogP contribution in [-0.4, -0.2) is 46.4 Å². The predicted octanol–water partition coefficient (Wildman–Crippen LogP) is 0.501. The molecule has 0 aliphatic rings. The maximum absolute atomic E-state index is 4.25. The molecule has 0 aliphatic heterocycles. The minimum Gasteiger partial charge on any atom is -0.435 e. The summed E-state index contributed by atoms with van der Waals surface area (Å²) in [5.74, 6) is 0. The van der Waals surface area contributed by atoms with Gasteiger partial charge in [0.05, 0.1) is 6.20 Å². The van der Waals surface area contributed by atoms with Crippen molar-refractivity contribution in [1.29, 1.82) is 0 Å². The van der Waals surface area contributed by atoms with Crippen LogP contribution in [0.5, 0.6) is 0 Å². The third kappa shape index (κ3) is 5.19. The van der Waals surface area contributed by atoms with Gasteiger partial charge in [0.15, 0.2) is 0 Å². The number of hydrogen-bond acceptors (Lipinski definition) is 4. The van der Waals surface area contributed by atoms with Gasteiger partial charge in [0.25, 0.3) is 0 Å². The number of rotatable bonds is 3. The summed E-state index contributed by atoms with van der Waals surface area (Å²) >= 11 is 0. The maximum atomic E-state index is 4.25. The average molecular weight is 275 g/mol. The first-order chi connectivity index (χ1) is 8.27. The van der Waals surface area contributed by atoms with Gasteiger partial charge in [0, 0.05) is 5.56 Å². The standard InChI is InChI=1S/C9H9N3.O2Si3/c1-7-2-4-8(5-3-7)9-6-10-12-11-9;3-1-5-2-4/h2-6H,1H3,(H,10,11,12);. The molecule has 2 rings (SSSR count). The van der Waals surface area contributed by atoms with E-state index in [9.17, 15) is 0 Å². The summed E-state index contributed by atoms with van der Waals surface area (Å²) in [5.41, 5.74) is 3.23. The van der Waals surface area contributed by atoms with Gasteiger partial charge in [0.2, 0.25) is 21.0 Å². The number of nitrogens with one attached hydrogen (secondary N) is 1. The Kier molecular flexibility index (Phi) is 6.66. The molecule has 84 valence electrons. The summed E-state index contributed by atoms with van der Waals surface area (Å²) in [6.07, 6.45) is 1.71. The van der Waals surface area contributed by atoms with Gasteiger partial charge in [-0.2, -0.15) is 15.4 Å². The van der Waals surface area contributed by atoms with E-state index < -0.39 is 0 Å². The van der Waals surface area contributed by atoms with E-state index in [0.717, 1.165) is 11.3 Å². The lowest BCUT2D eigenvalue weighted by Crippen LogP contribution is -1.96. The molecular weight excluding hydrogens is 266 g/mol. The van der Waals surface area contributed by atoms with Gasteiger partial charge in [0.1, 0.15) is 5.69 Å². The van der Waals surface area contributed by atoms with Crippen molar-refractivity contribution >= 4 is 31.0 Å². The van der Waals surface area contributed by atoms with Crippen molar-refractivity contribution in [2.75, 3.05) is 0 Å². The van der Waals surface area contributed by atoms with Crippen LogP contribution < -0.4 is 0 Å². The first kappa shape index (κ1) is 14.0. The highest BCUT2D eigenvalue weighted by Crippen LogP contribution is 2.14. The van der Waals surface area contributed by atoms with Crippen LogP contribution in [-0.2, 0) is 8.23 Å². The molecule has 0 saturated heterocycles. The quantitative estimate of drug-likeness (QED) is 0.829. The molecule has 1 aromatic heterocycles. The zero-order valence-corrected chi connectivity index (χ0v) is 12.1. The van der Waals surface area contributed by atoms with E-state index in [2.05, 4.69) is 63.7 Å². The van der Waals surface area contributed by atoms with Crippen molar-refractivity contribution in [3.05, 3.63) is 36.0 Å². The molecule has 0 saturated carbocycles. The van der Waals surface area contributed by atoms with Gasteiger partial charge in [-0.15, -0.1) is 0 Å². The smallest absolute Gasteiger partial charge is 0.409 e. The van der Waals surface area contributed by atoms with Crippen molar-refractivity contribution < 1.29 is 8.23 Å². The largest absolute Gasteiger partial charge is 0.435 e. The second-order valence-electron chi connectivity index (χ2n) is 3.01. The van der Waals surface area contributed by atoms with Crippen LogP contribution in [0, 0.1) is 6.92 Å². The van der Waals surface area contributed by atoms with E-state index in [1.807, 2.05) is 12.1 Å². The molecule has 2 aromatic rings. The summed E-state index contributed by atoms with van der Waals surface area (Å²) in [6.45, 7) is 2.06. The van der Waals surface area contributed by atoms with Gasteiger partial charge in [-0.25, -0.2) is 0 Å². The molecule has 5 nitrogen and oxygen atoms in total. The van der Waals surface area contributed by atoms with Crippen LogP contribution in [0.1, 0.15) is 5.56 Å². The number of nitrogens with zero attached hydrogens (tertiary/aromatic N) is 2. The van der Waals surface area contributed by atoms with E-state index in [1.54, 1.807) is 6.20 Å². The molecule has 0 aliphatic carbocycles. The average Bonchev–Trinajstić information content (AvgIpc) is 2.85. The fraction of sp³-hybridized carbons (Fsp3) is 0.111. The molecular formula is C9H9N3O2Si3. The van der Waals surface area contributed by atoms with Gasteiger partial charge >= 0.3 is 10.0 Å². The SMILES string of the molecule is Cc1ccc(-c2cn[nH]n2)cc1.[Si]O[Si]O[Si]. The fourth-order valence-electron chi connectivity index (χ4n) is 1.09. The lowest BCUT2D eigenvalue weighted by molar-refractivity contribution is 0.513. The molecule has 0 atom stereocenters. The number of H-pyrrole nitrogens is 1. The summed E-state index contributed by atoms with van der Waals surface area (Å²) in [5, 5.41) is 10.3. The van der Waals surface area contributed by atoms with E-state index >= 15 is 0 Å². The van der Waals surface area contributed by atoms with Crippen molar-refractivity contribution in [3.63, 3.8) is 0 Å². The van der Waals surface area contributed by atoms with E-state index in [0.29, 0.717) is 0 Å². The highest BCUT2D eigenvalue weighted by atomic mass is 28.3. The number of aryl methyl sites for hydroxylation is 1. The Bertz CT molecular complexity index is 406. The molecule has 0 unspecified atom stereocenters. The minimum atomic E-state index is 0.0247. The van der Waals surface area contributed by atoms with Gasteiger partial charge < -0.3 is 8.23 Å². The number of aromatic amines is 1. The first-order valence-electron chi connectivity index (χ1n) is 4.61. The summed E-state index contributed by atoms with van der Waals surface area (Å²) in [7, 11) is 5.44. The highest BCUT2D eigenvalue weighted by Gasteiger charge is 1.97. The molecule has 1 aromatic carbocycles. The number of aromatic nitrogens is 3. The number of benzene rings is 1. The zero-order chi connectivity index (χ0) is 12.5. The summed E-state index contributed by atoms with van der Waals surface area (Å²) in [4.78, 5) is 0. The predicted molar refractivity (Wildman–Crippen MR) is 66.0 cm³/mol. The topological polar surface area (TPSA) is 60.0 Å². The molecule has 0 fully saturated rings. The second-order valence-corrected chi connectivity index (χ2v) is 4.81. The van der Waals surface area contributed by atoms with Crippen LogP contribution in [0.2, 0.25) is 0 Å². The van der Waals surface area contributed by atoms with Gasteiger partial charge in [-0.3, -0.25) is 0 Å². The molecule has 1 heterocycles. The third-order valence-electron chi connectivity index (χ3n) is 1.85. The minimum absolute atomic E-state index is 0.0247. The lowest BCUT2D eigenvalue weighted by Gasteiger charge is -1.94. The van der Waals surface area contributed by atoms with Crippen LogP contribution >= 0.6 is 0 Å². The van der Waals surface area contributed by atoms with Crippen LogP contribution in [0.3, 0.4) is 0 Å². The van der Waals surface area contributed by atoms with E-state index in [1.165, 1.54) is 5.56 Å². The molecule has 0 spiro atoms. The Morgan fingerprint density at radius 2 is 1.82 bits per heavy atom. The van der Waals surface area contributed by atoms with Crippen LogP contribution in [0.4, 0.5) is 0 Å². The summed E-state index contributed by atoms with van der Waals surface area (Å²) in [6, 6.07) is 8.19. The molecule has 17 heavy (non-hydrogen) atoms. The first-order valence-corrected chi connectivity index (χ1v) is 6.24. The van der Waals surface area contributed by atoms with E-state index in [-0.39, 0.29) is 10.0 Å². The second kappa shape index (κ2) is 8.09. The Morgan fingerprint density at radius 3 is 2.24 bits per heavy atom. The Labute approximate surface area is 109 Å². The van der Waals surface area contributed by atoms with Crippen molar-refractivity contribution in [2.24, 2.45) is 0 Å². The van der Waals surface area contributed by atoms with E-state index in [4.69, 9.17) is 0 Å². The normalized spacial score (nSPS) is 9.59. The maximum Gasteiger partial charge on any atom is 0.409 e. The van der Waals surface area contributed by atoms with Crippen LogP contribution in [0.15, 0.2) is 30.5 Å². The lowest BCUT2D eigenvalue weighted by atomic mass is 10.1. The Hall–Kier alpha value is -1.07. The molecule has 0 amide bonds. The molecule has 8 radical (unpaired) electrons.